The summed E-state index contributed by atoms with van der Waals surface area (Å²) in [6.07, 6.45) is 2.81. The third-order valence-electron chi connectivity index (χ3n) is 3.40. The van der Waals surface area contributed by atoms with Crippen LogP contribution in [0, 0.1) is 11.8 Å². The van der Waals surface area contributed by atoms with E-state index in [0.717, 1.165) is 12.0 Å². The second-order valence-electron chi connectivity index (χ2n) is 5.44. The Bertz CT molecular complexity index is 476. The molecule has 1 aromatic rings. The van der Waals surface area contributed by atoms with Crippen LogP contribution >= 0.6 is 0 Å². The number of pyridine rings is 1. The van der Waals surface area contributed by atoms with E-state index in [1.165, 1.54) is 7.11 Å². The van der Waals surface area contributed by atoms with Crippen LogP contribution in [0.25, 0.3) is 0 Å². The van der Waals surface area contributed by atoms with E-state index in [1.54, 1.807) is 19.4 Å². The van der Waals surface area contributed by atoms with Gasteiger partial charge < -0.3 is 19.3 Å². The fourth-order valence-corrected chi connectivity index (χ4v) is 2.09. The zero-order valence-electron chi connectivity index (χ0n) is 13.7. The van der Waals surface area contributed by atoms with Crippen molar-refractivity contribution in [2.45, 2.75) is 26.7 Å². The van der Waals surface area contributed by atoms with Gasteiger partial charge in [-0.15, -0.1) is 0 Å². The first-order valence-electron chi connectivity index (χ1n) is 7.37. The highest BCUT2D eigenvalue weighted by Gasteiger charge is 2.22. The number of methoxy groups -OCH3 is 2. The summed E-state index contributed by atoms with van der Waals surface area (Å²) in [4.78, 5) is 15.5. The summed E-state index contributed by atoms with van der Waals surface area (Å²) in [5, 5.41) is 9.29. The van der Waals surface area contributed by atoms with Gasteiger partial charge in [0.25, 0.3) is 5.88 Å². The monoisotopic (exact) mass is 311 g/mol. The predicted octanol–water partition coefficient (Wildman–Crippen LogP) is 2.40. The average molecular weight is 311 g/mol. The number of hydrogen-bond donors (Lipinski definition) is 1. The first kappa shape index (κ1) is 18.2. The average Bonchev–Trinajstić information content (AvgIpc) is 2.48. The molecule has 0 unspecified atom stereocenters. The molecule has 0 spiro atoms. The van der Waals surface area contributed by atoms with Crippen LogP contribution in [0.15, 0.2) is 12.3 Å². The molecule has 1 atom stereocenters. The third kappa shape index (κ3) is 5.52. The first-order valence-corrected chi connectivity index (χ1v) is 7.37. The van der Waals surface area contributed by atoms with E-state index >= 15 is 0 Å². The molecular weight excluding hydrogens is 286 g/mol. The van der Waals surface area contributed by atoms with Crippen LogP contribution in [0.5, 0.6) is 11.6 Å². The summed E-state index contributed by atoms with van der Waals surface area (Å²) < 4.78 is 15.8. The number of nitrogens with zero attached hydrogens (tertiary/aromatic N) is 1. The van der Waals surface area contributed by atoms with Gasteiger partial charge in [-0.2, -0.15) is 0 Å². The Kier molecular flexibility index (Phi) is 7.66. The van der Waals surface area contributed by atoms with Crippen molar-refractivity contribution in [2.24, 2.45) is 11.8 Å². The van der Waals surface area contributed by atoms with E-state index in [4.69, 9.17) is 14.2 Å². The molecule has 0 saturated carbocycles. The summed E-state index contributed by atoms with van der Waals surface area (Å²) >= 11 is 0. The zero-order valence-corrected chi connectivity index (χ0v) is 13.7. The van der Waals surface area contributed by atoms with Crippen LogP contribution in [0.2, 0.25) is 0 Å². The molecule has 22 heavy (non-hydrogen) atoms. The minimum Gasteiger partial charge on any atom is -0.488 e. The minimum atomic E-state index is -0.798. The molecule has 124 valence electrons. The Hall–Kier alpha value is -1.82. The van der Waals surface area contributed by atoms with Gasteiger partial charge in [-0.3, -0.25) is 4.79 Å². The molecule has 0 bridgehead atoms. The molecule has 1 rings (SSSR count). The maximum atomic E-state index is 11.3. The Labute approximate surface area is 131 Å². The van der Waals surface area contributed by atoms with Gasteiger partial charge in [-0.05, 0) is 24.0 Å². The smallest absolute Gasteiger partial charge is 0.307 e. The number of aliphatic carboxylic acids is 1. The van der Waals surface area contributed by atoms with Crippen molar-refractivity contribution in [3.8, 4) is 11.6 Å². The zero-order chi connectivity index (χ0) is 16.5. The van der Waals surface area contributed by atoms with Crippen LogP contribution in [-0.4, -0.2) is 43.5 Å². The lowest BCUT2D eigenvalue weighted by Gasteiger charge is -2.17. The SMILES string of the molecule is COCCCOc1cc(C[C@@H](C(=O)O)C(C)C)cnc1OC. The largest absolute Gasteiger partial charge is 0.488 e. The summed E-state index contributed by atoms with van der Waals surface area (Å²) in [6.45, 7) is 4.90. The summed E-state index contributed by atoms with van der Waals surface area (Å²) in [7, 11) is 3.17. The number of aromatic nitrogens is 1. The van der Waals surface area contributed by atoms with E-state index in [2.05, 4.69) is 4.98 Å². The van der Waals surface area contributed by atoms with E-state index in [1.807, 2.05) is 13.8 Å². The Morgan fingerprint density at radius 2 is 2.05 bits per heavy atom. The Balaban J connectivity index is 2.82. The molecule has 0 saturated heterocycles. The topological polar surface area (TPSA) is 77.9 Å². The lowest BCUT2D eigenvalue weighted by atomic mass is 9.90. The normalized spacial score (nSPS) is 12.2. The second-order valence-corrected chi connectivity index (χ2v) is 5.44. The van der Waals surface area contributed by atoms with Crippen molar-refractivity contribution >= 4 is 5.97 Å². The van der Waals surface area contributed by atoms with Gasteiger partial charge >= 0.3 is 5.97 Å². The van der Waals surface area contributed by atoms with Crippen molar-refractivity contribution in [2.75, 3.05) is 27.4 Å². The van der Waals surface area contributed by atoms with Crippen LogP contribution in [0.3, 0.4) is 0 Å². The summed E-state index contributed by atoms with van der Waals surface area (Å²) in [5.41, 5.74) is 0.823. The highest BCUT2D eigenvalue weighted by atomic mass is 16.5. The molecule has 0 aliphatic heterocycles. The maximum absolute atomic E-state index is 11.3. The fraction of sp³-hybridized carbons (Fsp3) is 0.625. The maximum Gasteiger partial charge on any atom is 0.307 e. The molecule has 6 nitrogen and oxygen atoms in total. The molecular formula is C16H25NO5. The summed E-state index contributed by atoms with van der Waals surface area (Å²) in [6, 6.07) is 1.80. The number of hydrogen-bond acceptors (Lipinski definition) is 5. The number of carboxylic acids is 1. The number of carboxylic acid groups (broad SMARTS) is 1. The highest BCUT2D eigenvalue weighted by molar-refractivity contribution is 5.70. The van der Waals surface area contributed by atoms with Gasteiger partial charge in [0, 0.05) is 26.3 Å². The first-order chi connectivity index (χ1) is 10.5. The predicted molar refractivity (Wildman–Crippen MR) is 82.4 cm³/mol. The quantitative estimate of drug-likeness (QED) is 0.669. The lowest BCUT2D eigenvalue weighted by Crippen LogP contribution is -2.22. The molecule has 1 heterocycles. The Morgan fingerprint density at radius 3 is 2.59 bits per heavy atom. The standard InChI is InChI=1S/C16H25NO5/c1-11(2)13(16(18)19)8-12-9-14(15(21-4)17-10-12)22-7-5-6-20-3/h9-11,13H,5-8H2,1-4H3,(H,18,19)/t13-/m1/s1. The second kappa shape index (κ2) is 9.25. The van der Waals surface area contributed by atoms with Crippen LogP contribution < -0.4 is 9.47 Å². The summed E-state index contributed by atoms with van der Waals surface area (Å²) in [5.74, 6) is -0.267. The number of ether oxygens (including phenoxy) is 3. The number of rotatable bonds is 10. The highest BCUT2D eigenvalue weighted by Crippen LogP contribution is 2.27. The van der Waals surface area contributed by atoms with Crippen LogP contribution in [-0.2, 0) is 16.0 Å². The molecule has 0 aliphatic rings. The minimum absolute atomic E-state index is 0.0469. The van der Waals surface area contributed by atoms with Gasteiger partial charge in [0.2, 0.25) is 0 Å². The molecule has 0 aromatic carbocycles. The van der Waals surface area contributed by atoms with Crippen molar-refractivity contribution in [3.63, 3.8) is 0 Å². The molecule has 1 aromatic heterocycles. The molecule has 1 N–H and O–H groups in total. The van der Waals surface area contributed by atoms with Crippen molar-refractivity contribution < 1.29 is 24.1 Å². The fourth-order valence-electron chi connectivity index (χ4n) is 2.09. The molecule has 0 aliphatic carbocycles. The van der Waals surface area contributed by atoms with Crippen molar-refractivity contribution in [1.82, 2.24) is 4.98 Å². The number of carbonyl (C=O) groups is 1. The van der Waals surface area contributed by atoms with Gasteiger partial charge in [-0.25, -0.2) is 4.98 Å². The van der Waals surface area contributed by atoms with Crippen molar-refractivity contribution in [1.29, 1.82) is 0 Å². The molecule has 0 radical (unpaired) electrons. The van der Waals surface area contributed by atoms with E-state index < -0.39 is 11.9 Å². The van der Waals surface area contributed by atoms with Crippen LogP contribution in [0.4, 0.5) is 0 Å². The van der Waals surface area contributed by atoms with Crippen LogP contribution in [0.1, 0.15) is 25.8 Å². The van der Waals surface area contributed by atoms with E-state index in [0.29, 0.717) is 31.3 Å². The Morgan fingerprint density at radius 1 is 1.32 bits per heavy atom. The van der Waals surface area contributed by atoms with E-state index in [-0.39, 0.29) is 5.92 Å². The van der Waals surface area contributed by atoms with E-state index in [9.17, 15) is 9.90 Å². The van der Waals surface area contributed by atoms with Crippen molar-refractivity contribution in [3.05, 3.63) is 17.8 Å². The third-order valence-corrected chi connectivity index (χ3v) is 3.40. The lowest BCUT2D eigenvalue weighted by molar-refractivity contribution is -0.143. The van der Waals surface area contributed by atoms with Gasteiger partial charge in [0.05, 0.1) is 19.6 Å². The molecule has 6 heteroatoms. The molecule has 0 amide bonds. The van der Waals surface area contributed by atoms with Gasteiger partial charge in [0.1, 0.15) is 0 Å². The molecule has 0 fully saturated rings. The van der Waals surface area contributed by atoms with Gasteiger partial charge in [0.15, 0.2) is 5.75 Å². The van der Waals surface area contributed by atoms with Gasteiger partial charge in [-0.1, -0.05) is 13.8 Å².